The van der Waals surface area contributed by atoms with Crippen molar-refractivity contribution >= 4 is 17.5 Å². The van der Waals surface area contributed by atoms with Crippen molar-refractivity contribution in [3.05, 3.63) is 47.3 Å². The van der Waals surface area contributed by atoms with Crippen molar-refractivity contribution in [2.45, 2.75) is 26.7 Å². The number of aromatic nitrogens is 1. The van der Waals surface area contributed by atoms with Gasteiger partial charge in [-0.05, 0) is 38.8 Å². The Hall–Kier alpha value is -2.63. The number of anilines is 1. The molecule has 0 radical (unpaired) electrons. The van der Waals surface area contributed by atoms with E-state index in [1.165, 1.54) is 0 Å². The molecule has 1 aliphatic heterocycles. The van der Waals surface area contributed by atoms with Crippen LogP contribution < -0.4 is 10.2 Å². The standard InChI is InChI=1S/C18H21N3O3/c1-12-15(13(2)24-20-12)8-10-19-17(22)16-9-11-21(18(16)23)14-6-4-3-5-7-14/h3-7,16H,8-11H2,1-2H3,(H,19,22)/t16-/m1/s1. The van der Waals surface area contributed by atoms with E-state index in [-0.39, 0.29) is 11.8 Å². The van der Waals surface area contributed by atoms with Crippen molar-refractivity contribution in [2.24, 2.45) is 5.92 Å². The van der Waals surface area contributed by atoms with Gasteiger partial charge in [0.1, 0.15) is 11.7 Å². The normalized spacial score (nSPS) is 17.3. The van der Waals surface area contributed by atoms with E-state index in [1.807, 2.05) is 44.2 Å². The second-order valence-corrected chi connectivity index (χ2v) is 6.01. The second kappa shape index (κ2) is 6.86. The number of aryl methyl sites for hydroxylation is 2. The molecule has 1 aromatic heterocycles. The Morgan fingerprint density at radius 2 is 2.08 bits per heavy atom. The van der Waals surface area contributed by atoms with Crippen LogP contribution in [0.1, 0.15) is 23.4 Å². The molecule has 6 heteroatoms. The number of para-hydroxylation sites is 1. The first-order valence-electron chi connectivity index (χ1n) is 8.14. The lowest BCUT2D eigenvalue weighted by molar-refractivity contribution is -0.132. The number of carbonyl (C=O) groups excluding carboxylic acids is 2. The van der Waals surface area contributed by atoms with Crippen molar-refractivity contribution in [1.82, 2.24) is 10.5 Å². The number of hydrogen-bond acceptors (Lipinski definition) is 4. The first-order valence-corrected chi connectivity index (χ1v) is 8.14. The molecule has 0 spiro atoms. The van der Waals surface area contributed by atoms with Gasteiger partial charge >= 0.3 is 0 Å². The molecule has 0 saturated carbocycles. The highest BCUT2D eigenvalue weighted by atomic mass is 16.5. The Labute approximate surface area is 140 Å². The molecule has 24 heavy (non-hydrogen) atoms. The van der Waals surface area contributed by atoms with Gasteiger partial charge in [-0.1, -0.05) is 23.4 Å². The van der Waals surface area contributed by atoms with Gasteiger partial charge in [0.05, 0.1) is 5.69 Å². The number of nitrogens with one attached hydrogen (secondary N) is 1. The zero-order valence-electron chi connectivity index (χ0n) is 13.9. The molecule has 126 valence electrons. The zero-order valence-corrected chi connectivity index (χ0v) is 13.9. The summed E-state index contributed by atoms with van der Waals surface area (Å²) < 4.78 is 5.11. The van der Waals surface area contributed by atoms with E-state index in [0.29, 0.717) is 25.9 Å². The molecule has 0 bridgehead atoms. The summed E-state index contributed by atoms with van der Waals surface area (Å²) in [7, 11) is 0. The highest BCUT2D eigenvalue weighted by Crippen LogP contribution is 2.25. The predicted molar refractivity (Wildman–Crippen MR) is 89.6 cm³/mol. The minimum atomic E-state index is -0.602. The van der Waals surface area contributed by atoms with Gasteiger partial charge in [0.2, 0.25) is 11.8 Å². The molecule has 6 nitrogen and oxygen atoms in total. The lowest BCUT2D eigenvalue weighted by Gasteiger charge is -2.16. The van der Waals surface area contributed by atoms with Crippen LogP contribution in [0, 0.1) is 19.8 Å². The Morgan fingerprint density at radius 1 is 1.33 bits per heavy atom. The van der Waals surface area contributed by atoms with E-state index in [1.54, 1.807) is 4.90 Å². The van der Waals surface area contributed by atoms with Crippen molar-refractivity contribution in [1.29, 1.82) is 0 Å². The maximum Gasteiger partial charge on any atom is 0.239 e. The average Bonchev–Trinajstić information content (AvgIpc) is 3.12. The van der Waals surface area contributed by atoms with Crippen molar-refractivity contribution in [3.63, 3.8) is 0 Å². The van der Waals surface area contributed by atoms with Crippen LogP contribution in [0.15, 0.2) is 34.9 Å². The summed E-state index contributed by atoms with van der Waals surface area (Å²) in [5, 5.41) is 6.76. The van der Waals surface area contributed by atoms with Gasteiger partial charge < -0.3 is 14.7 Å². The number of hydrogen-bond donors (Lipinski definition) is 1. The topological polar surface area (TPSA) is 75.4 Å². The fourth-order valence-electron chi connectivity index (χ4n) is 3.08. The predicted octanol–water partition coefficient (Wildman–Crippen LogP) is 2.00. The van der Waals surface area contributed by atoms with Crippen molar-refractivity contribution < 1.29 is 14.1 Å². The van der Waals surface area contributed by atoms with Gasteiger partial charge in [-0.15, -0.1) is 0 Å². The van der Waals surface area contributed by atoms with Gasteiger partial charge in [0, 0.05) is 24.3 Å². The first-order chi connectivity index (χ1) is 11.6. The lowest BCUT2D eigenvalue weighted by Crippen LogP contribution is -2.37. The third-order valence-corrected chi connectivity index (χ3v) is 4.45. The molecule has 3 rings (SSSR count). The van der Waals surface area contributed by atoms with E-state index in [9.17, 15) is 9.59 Å². The molecular formula is C18H21N3O3. The van der Waals surface area contributed by atoms with Crippen LogP contribution in [0.3, 0.4) is 0 Å². The van der Waals surface area contributed by atoms with E-state index < -0.39 is 5.92 Å². The summed E-state index contributed by atoms with van der Waals surface area (Å²) in [4.78, 5) is 26.5. The van der Waals surface area contributed by atoms with Crippen LogP contribution in [0.4, 0.5) is 5.69 Å². The summed E-state index contributed by atoms with van der Waals surface area (Å²) in [5.41, 5.74) is 2.70. The third kappa shape index (κ3) is 3.18. The van der Waals surface area contributed by atoms with Gasteiger partial charge in [-0.2, -0.15) is 0 Å². The molecule has 1 atom stereocenters. The molecule has 1 aliphatic rings. The Morgan fingerprint density at radius 3 is 2.75 bits per heavy atom. The molecule has 1 aromatic carbocycles. The summed E-state index contributed by atoms with van der Waals surface area (Å²) in [5.74, 6) is -0.162. The van der Waals surface area contributed by atoms with Crippen LogP contribution in [0.25, 0.3) is 0 Å². The highest BCUT2D eigenvalue weighted by molar-refractivity contribution is 6.09. The number of rotatable bonds is 5. The zero-order chi connectivity index (χ0) is 17.1. The van der Waals surface area contributed by atoms with Crippen LogP contribution in [-0.2, 0) is 16.0 Å². The molecule has 2 amide bonds. The third-order valence-electron chi connectivity index (χ3n) is 4.45. The van der Waals surface area contributed by atoms with Gasteiger partial charge in [0.25, 0.3) is 0 Å². The summed E-state index contributed by atoms with van der Waals surface area (Å²) in [6, 6.07) is 9.45. The smallest absolute Gasteiger partial charge is 0.239 e. The number of benzene rings is 1. The van der Waals surface area contributed by atoms with Gasteiger partial charge in [-0.3, -0.25) is 9.59 Å². The molecule has 2 heterocycles. The van der Waals surface area contributed by atoms with Crippen LogP contribution in [0.5, 0.6) is 0 Å². The number of amides is 2. The Balaban J connectivity index is 1.55. The van der Waals surface area contributed by atoms with Gasteiger partial charge in [-0.25, -0.2) is 0 Å². The molecule has 2 aromatic rings. The second-order valence-electron chi connectivity index (χ2n) is 6.01. The Bertz CT molecular complexity index is 720. The largest absolute Gasteiger partial charge is 0.361 e. The highest BCUT2D eigenvalue weighted by Gasteiger charge is 2.37. The fourth-order valence-corrected chi connectivity index (χ4v) is 3.08. The quantitative estimate of drug-likeness (QED) is 0.852. The minimum absolute atomic E-state index is 0.129. The molecule has 1 N–H and O–H groups in total. The summed E-state index contributed by atoms with van der Waals surface area (Å²) in [6.07, 6.45) is 1.20. The number of carbonyl (C=O) groups is 2. The molecule has 1 saturated heterocycles. The first kappa shape index (κ1) is 16.2. The molecule has 1 fully saturated rings. The molecule has 0 aliphatic carbocycles. The van der Waals surface area contributed by atoms with Crippen LogP contribution in [0.2, 0.25) is 0 Å². The minimum Gasteiger partial charge on any atom is -0.361 e. The SMILES string of the molecule is Cc1noc(C)c1CCNC(=O)[C@H]1CCN(c2ccccc2)C1=O. The fraction of sp³-hybridized carbons (Fsp3) is 0.389. The van der Waals surface area contributed by atoms with E-state index >= 15 is 0 Å². The van der Waals surface area contributed by atoms with E-state index in [4.69, 9.17) is 4.52 Å². The summed E-state index contributed by atoms with van der Waals surface area (Å²) >= 11 is 0. The van der Waals surface area contributed by atoms with Crippen molar-refractivity contribution in [3.8, 4) is 0 Å². The monoisotopic (exact) mass is 327 g/mol. The maximum atomic E-state index is 12.5. The Kier molecular flexibility index (Phi) is 4.64. The van der Waals surface area contributed by atoms with E-state index in [0.717, 1.165) is 22.7 Å². The molecule has 0 unspecified atom stereocenters. The van der Waals surface area contributed by atoms with Crippen molar-refractivity contribution in [2.75, 3.05) is 18.0 Å². The summed E-state index contributed by atoms with van der Waals surface area (Å²) in [6.45, 7) is 4.78. The van der Waals surface area contributed by atoms with E-state index in [2.05, 4.69) is 10.5 Å². The maximum absolute atomic E-state index is 12.5. The van der Waals surface area contributed by atoms with Crippen LogP contribution >= 0.6 is 0 Å². The molecular weight excluding hydrogens is 306 g/mol. The van der Waals surface area contributed by atoms with Gasteiger partial charge in [0.15, 0.2) is 0 Å². The van der Waals surface area contributed by atoms with Crippen LogP contribution in [-0.4, -0.2) is 30.1 Å². The average molecular weight is 327 g/mol. The number of nitrogens with zero attached hydrogens (tertiary/aromatic N) is 2. The lowest BCUT2D eigenvalue weighted by atomic mass is 10.1.